The van der Waals surface area contributed by atoms with Crippen molar-refractivity contribution in [3.05, 3.63) is 78.6 Å². The maximum absolute atomic E-state index is 13.5. The van der Waals surface area contributed by atoms with Crippen molar-refractivity contribution < 1.29 is 23.4 Å². The van der Waals surface area contributed by atoms with Crippen molar-refractivity contribution in [1.82, 2.24) is 14.5 Å². The number of carbonyl (C=O) groups excluding carboxylic acids is 1. The van der Waals surface area contributed by atoms with Gasteiger partial charge in [0.25, 0.3) is 0 Å². The summed E-state index contributed by atoms with van der Waals surface area (Å²) in [6.45, 7) is 5.78. The second-order valence-corrected chi connectivity index (χ2v) is 8.84. The SMILES string of the molecule is CC(=O)N1CCN(c2ccc(OCC3COC(Cn4ccnc4)(c4ccc(F)cc4)O3)cc2)CC1. The predicted molar refractivity (Wildman–Crippen MR) is 128 cm³/mol. The lowest BCUT2D eigenvalue weighted by Gasteiger charge is -2.35. The number of amides is 1. The Morgan fingerprint density at radius 1 is 1.11 bits per heavy atom. The van der Waals surface area contributed by atoms with E-state index in [-0.39, 0.29) is 17.8 Å². The molecule has 0 aliphatic carbocycles. The van der Waals surface area contributed by atoms with Crippen molar-refractivity contribution in [3.8, 4) is 5.75 Å². The van der Waals surface area contributed by atoms with Crippen LogP contribution in [0.15, 0.2) is 67.3 Å². The molecule has 8 nitrogen and oxygen atoms in total. The van der Waals surface area contributed by atoms with E-state index in [1.165, 1.54) is 12.1 Å². The van der Waals surface area contributed by atoms with Crippen LogP contribution in [0.3, 0.4) is 0 Å². The topological polar surface area (TPSA) is 69.1 Å². The van der Waals surface area contributed by atoms with Crippen molar-refractivity contribution >= 4 is 11.6 Å². The third kappa shape index (κ3) is 5.31. The summed E-state index contributed by atoms with van der Waals surface area (Å²) in [5.41, 5.74) is 1.85. The molecule has 2 aliphatic rings. The Bertz CT molecular complexity index is 1120. The van der Waals surface area contributed by atoms with Gasteiger partial charge in [-0.3, -0.25) is 4.79 Å². The lowest BCUT2D eigenvalue weighted by atomic mass is 10.1. The van der Waals surface area contributed by atoms with E-state index in [1.54, 1.807) is 31.6 Å². The van der Waals surface area contributed by atoms with Crippen LogP contribution in [0.25, 0.3) is 0 Å². The quantitative estimate of drug-likeness (QED) is 0.518. The molecule has 0 N–H and O–H groups in total. The first kappa shape index (κ1) is 23.3. The molecule has 0 radical (unpaired) electrons. The molecule has 2 unspecified atom stereocenters. The highest BCUT2D eigenvalue weighted by Crippen LogP contribution is 2.36. The minimum absolute atomic E-state index is 0.125. The van der Waals surface area contributed by atoms with Crippen LogP contribution >= 0.6 is 0 Å². The molecule has 1 amide bonds. The van der Waals surface area contributed by atoms with Crippen LogP contribution in [0, 0.1) is 5.82 Å². The van der Waals surface area contributed by atoms with E-state index in [1.807, 2.05) is 39.9 Å². The van der Waals surface area contributed by atoms with Crippen LogP contribution in [0.2, 0.25) is 0 Å². The van der Waals surface area contributed by atoms with E-state index in [0.29, 0.717) is 19.8 Å². The molecule has 5 rings (SSSR count). The molecule has 35 heavy (non-hydrogen) atoms. The molecular formula is C26H29FN4O4. The smallest absolute Gasteiger partial charge is 0.219 e. The molecule has 2 atom stereocenters. The number of benzene rings is 2. The fraction of sp³-hybridized carbons (Fsp3) is 0.385. The molecule has 0 saturated carbocycles. The first-order chi connectivity index (χ1) is 17.0. The number of hydrogen-bond donors (Lipinski definition) is 0. The third-order valence-corrected chi connectivity index (χ3v) is 6.46. The van der Waals surface area contributed by atoms with Gasteiger partial charge in [-0.2, -0.15) is 0 Å². The Kier molecular flexibility index (Phi) is 6.70. The van der Waals surface area contributed by atoms with Crippen molar-refractivity contribution in [3.63, 3.8) is 0 Å². The number of rotatable bonds is 7. The Hall–Kier alpha value is -3.43. The van der Waals surface area contributed by atoms with Gasteiger partial charge >= 0.3 is 0 Å². The number of piperazine rings is 1. The van der Waals surface area contributed by atoms with Crippen molar-refractivity contribution in [2.45, 2.75) is 25.4 Å². The molecule has 184 valence electrons. The maximum atomic E-state index is 13.5. The van der Waals surface area contributed by atoms with Gasteiger partial charge in [0.05, 0.1) is 19.5 Å². The average Bonchev–Trinajstić information content (AvgIpc) is 3.54. The Morgan fingerprint density at radius 3 is 2.51 bits per heavy atom. The molecule has 2 aliphatic heterocycles. The molecule has 3 heterocycles. The number of imidazole rings is 1. The summed E-state index contributed by atoms with van der Waals surface area (Å²) in [6, 6.07) is 14.1. The van der Waals surface area contributed by atoms with E-state index in [0.717, 1.165) is 43.2 Å². The highest BCUT2D eigenvalue weighted by molar-refractivity contribution is 5.73. The van der Waals surface area contributed by atoms with Crippen LogP contribution in [0.4, 0.5) is 10.1 Å². The number of nitrogens with zero attached hydrogens (tertiary/aromatic N) is 4. The molecule has 3 aromatic rings. The summed E-state index contributed by atoms with van der Waals surface area (Å²) >= 11 is 0. The van der Waals surface area contributed by atoms with Gasteiger partial charge in [0.2, 0.25) is 11.7 Å². The summed E-state index contributed by atoms with van der Waals surface area (Å²) in [4.78, 5) is 19.8. The van der Waals surface area contributed by atoms with Crippen molar-refractivity contribution in [1.29, 1.82) is 0 Å². The first-order valence-electron chi connectivity index (χ1n) is 11.8. The lowest BCUT2D eigenvalue weighted by Crippen LogP contribution is -2.48. The van der Waals surface area contributed by atoms with E-state index in [9.17, 15) is 9.18 Å². The predicted octanol–water partition coefficient (Wildman–Crippen LogP) is 3.04. The largest absolute Gasteiger partial charge is 0.491 e. The van der Waals surface area contributed by atoms with E-state index in [2.05, 4.69) is 9.88 Å². The van der Waals surface area contributed by atoms with Gasteiger partial charge in [-0.05, 0) is 36.4 Å². The number of aromatic nitrogens is 2. The van der Waals surface area contributed by atoms with Crippen molar-refractivity contribution in [2.75, 3.05) is 44.3 Å². The number of anilines is 1. The summed E-state index contributed by atoms with van der Waals surface area (Å²) in [6.07, 6.45) is 4.94. The summed E-state index contributed by atoms with van der Waals surface area (Å²) < 4.78 is 33.9. The van der Waals surface area contributed by atoms with Crippen LogP contribution in [0.1, 0.15) is 12.5 Å². The second-order valence-electron chi connectivity index (χ2n) is 8.84. The van der Waals surface area contributed by atoms with Crippen LogP contribution in [-0.2, 0) is 26.6 Å². The Morgan fingerprint density at radius 2 is 1.86 bits per heavy atom. The number of halogens is 1. The highest BCUT2D eigenvalue weighted by Gasteiger charge is 2.44. The summed E-state index contributed by atoms with van der Waals surface area (Å²) in [5, 5.41) is 0. The molecule has 2 aromatic carbocycles. The van der Waals surface area contributed by atoms with Gasteiger partial charge in [-0.1, -0.05) is 12.1 Å². The van der Waals surface area contributed by atoms with Crippen molar-refractivity contribution in [2.24, 2.45) is 0 Å². The highest BCUT2D eigenvalue weighted by atomic mass is 19.1. The standard InChI is InChI=1S/C26H29FN4O4/c1-20(32)30-12-14-31(15-13-30)23-6-8-24(9-7-23)33-16-25-17-34-26(35-25,18-29-11-10-28-19-29)21-2-4-22(27)5-3-21/h2-11,19,25H,12-18H2,1H3. The maximum Gasteiger partial charge on any atom is 0.219 e. The number of carbonyl (C=O) groups is 1. The van der Waals surface area contributed by atoms with E-state index >= 15 is 0 Å². The molecule has 2 saturated heterocycles. The van der Waals surface area contributed by atoms with Crippen LogP contribution in [0.5, 0.6) is 5.75 Å². The summed E-state index contributed by atoms with van der Waals surface area (Å²) in [7, 11) is 0. The van der Waals surface area contributed by atoms with Crippen LogP contribution in [-0.4, -0.2) is 65.9 Å². The van der Waals surface area contributed by atoms with Gasteiger partial charge in [0, 0.05) is 56.7 Å². The minimum atomic E-state index is -1.05. The average molecular weight is 481 g/mol. The Labute approximate surface area is 203 Å². The normalized spacial score (nSPS) is 22.4. The van der Waals surface area contributed by atoms with Gasteiger partial charge in [0.1, 0.15) is 24.3 Å². The zero-order valence-electron chi connectivity index (χ0n) is 19.7. The summed E-state index contributed by atoms with van der Waals surface area (Å²) in [5.74, 6) is -0.490. The molecule has 0 spiro atoms. The number of hydrogen-bond acceptors (Lipinski definition) is 6. The Balaban J connectivity index is 1.19. The zero-order valence-corrected chi connectivity index (χ0v) is 19.7. The fourth-order valence-corrected chi connectivity index (χ4v) is 4.52. The fourth-order valence-electron chi connectivity index (χ4n) is 4.52. The van der Waals surface area contributed by atoms with Gasteiger partial charge in [-0.15, -0.1) is 0 Å². The zero-order chi connectivity index (χ0) is 24.3. The van der Waals surface area contributed by atoms with Gasteiger partial charge < -0.3 is 28.6 Å². The molecule has 9 heteroatoms. The molecule has 2 fully saturated rings. The molecule has 1 aromatic heterocycles. The second kappa shape index (κ2) is 10.1. The monoisotopic (exact) mass is 480 g/mol. The molecule has 0 bridgehead atoms. The molecular weight excluding hydrogens is 451 g/mol. The first-order valence-corrected chi connectivity index (χ1v) is 11.8. The third-order valence-electron chi connectivity index (χ3n) is 6.46. The minimum Gasteiger partial charge on any atom is -0.491 e. The lowest BCUT2D eigenvalue weighted by molar-refractivity contribution is -0.189. The van der Waals surface area contributed by atoms with E-state index < -0.39 is 5.79 Å². The van der Waals surface area contributed by atoms with Gasteiger partial charge in [0.15, 0.2) is 0 Å². The van der Waals surface area contributed by atoms with E-state index in [4.69, 9.17) is 14.2 Å². The van der Waals surface area contributed by atoms with Gasteiger partial charge in [-0.25, -0.2) is 9.37 Å². The van der Waals surface area contributed by atoms with Crippen LogP contribution < -0.4 is 9.64 Å². The number of ether oxygens (including phenoxy) is 3.